The first-order valence-corrected chi connectivity index (χ1v) is 6.60. The van der Waals surface area contributed by atoms with Crippen molar-refractivity contribution in [2.45, 2.75) is 33.7 Å². The quantitative estimate of drug-likeness (QED) is 0.708. The zero-order chi connectivity index (χ0) is 14.3. The third kappa shape index (κ3) is 4.43. The highest BCUT2D eigenvalue weighted by atomic mass is 16.5. The topological polar surface area (TPSA) is 51.7 Å². The highest BCUT2D eigenvalue weighted by Gasteiger charge is 2.20. The third-order valence-electron chi connectivity index (χ3n) is 2.55. The van der Waals surface area contributed by atoms with Gasteiger partial charge in [-0.25, -0.2) is 4.98 Å². The van der Waals surface area contributed by atoms with E-state index >= 15 is 0 Å². The first-order chi connectivity index (χ1) is 9.10. The Morgan fingerprint density at radius 3 is 2.68 bits per heavy atom. The summed E-state index contributed by atoms with van der Waals surface area (Å²) in [7, 11) is 0. The number of esters is 1. The van der Waals surface area contributed by atoms with Crippen LogP contribution in [0.5, 0.6) is 5.75 Å². The lowest BCUT2D eigenvalue weighted by Crippen LogP contribution is -2.37. The summed E-state index contributed by atoms with van der Waals surface area (Å²) in [5.74, 6) is 1.10. The fraction of sp³-hybridized carbons (Fsp3) is 0.571. The van der Waals surface area contributed by atoms with E-state index in [0.29, 0.717) is 24.8 Å². The van der Waals surface area contributed by atoms with Crippen LogP contribution in [-0.4, -0.2) is 36.8 Å². The second-order valence-corrected chi connectivity index (χ2v) is 4.28. The van der Waals surface area contributed by atoms with Crippen LogP contribution in [0.2, 0.25) is 0 Å². The highest BCUT2D eigenvalue weighted by molar-refractivity contribution is 5.76. The fourth-order valence-corrected chi connectivity index (χ4v) is 1.71. The summed E-state index contributed by atoms with van der Waals surface area (Å²) in [6.07, 6.45) is 1.69. The van der Waals surface area contributed by atoms with Crippen LogP contribution >= 0.6 is 0 Å². The third-order valence-corrected chi connectivity index (χ3v) is 2.55. The number of rotatable bonds is 7. The number of ether oxygens (including phenoxy) is 2. The molecule has 0 unspecified atom stereocenters. The molecule has 1 heterocycles. The highest BCUT2D eigenvalue weighted by Crippen LogP contribution is 2.26. The Morgan fingerprint density at radius 2 is 2.11 bits per heavy atom. The Labute approximate surface area is 114 Å². The van der Waals surface area contributed by atoms with E-state index in [9.17, 15) is 4.79 Å². The number of hydrogen-bond donors (Lipinski definition) is 0. The summed E-state index contributed by atoms with van der Waals surface area (Å²) in [5.41, 5.74) is 0. The second-order valence-electron chi connectivity index (χ2n) is 4.28. The summed E-state index contributed by atoms with van der Waals surface area (Å²) in [6.45, 7) is 8.83. The van der Waals surface area contributed by atoms with Crippen molar-refractivity contribution in [2.75, 3.05) is 24.7 Å². The Hall–Kier alpha value is -1.78. The number of anilines is 1. The molecule has 0 N–H and O–H groups in total. The van der Waals surface area contributed by atoms with E-state index in [1.807, 2.05) is 37.8 Å². The van der Waals surface area contributed by atoms with Crippen LogP contribution < -0.4 is 9.64 Å². The van der Waals surface area contributed by atoms with Gasteiger partial charge in [-0.05, 0) is 39.8 Å². The minimum atomic E-state index is -0.260. The molecule has 0 aliphatic rings. The molecule has 0 saturated carbocycles. The van der Waals surface area contributed by atoms with Gasteiger partial charge >= 0.3 is 5.97 Å². The van der Waals surface area contributed by atoms with E-state index in [2.05, 4.69) is 4.98 Å². The van der Waals surface area contributed by atoms with Crippen LogP contribution in [0.3, 0.4) is 0 Å². The second kappa shape index (κ2) is 7.61. The molecule has 1 rings (SSSR count). The van der Waals surface area contributed by atoms with Gasteiger partial charge in [0.15, 0.2) is 11.6 Å². The number of carbonyl (C=O) groups excluding carboxylic acids is 1. The Bertz CT molecular complexity index is 407. The van der Waals surface area contributed by atoms with Gasteiger partial charge in [0.05, 0.1) is 13.2 Å². The molecule has 0 bridgehead atoms. The molecule has 0 aromatic carbocycles. The van der Waals surface area contributed by atoms with Crippen LogP contribution in [0.25, 0.3) is 0 Å². The summed E-state index contributed by atoms with van der Waals surface area (Å²) < 4.78 is 10.5. The van der Waals surface area contributed by atoms with E-state index in [-0.39, 0.29) is 18.6 Å². The average Bonchev–Trinajstić information content (AvgIpc) is 2.37. The van der Waals surface area contributed by atoms with Crippen molar-refractivity contribution in [2.24, 2.45) is 0 Å². The molecule has 0 spiro atoms. The Balaban J connectivity index is 2.95. The predicted molar refractivity (Wildman–Crippen MR) is 74.5 cm³/mol. The van der Waals surface area contributed by atoms with Crippen molar-refractivity contribution in [1.29, 1.82) is 0 Å². The molecular formula is C14H22N2O3. The molecule has 5 heteroatoms. The number of aromatic nitrogens is 1. The molecule has 0 atom stereocenters. The van der Waals surface area contributed by atoms with Gasteiger partial charge in [-0.3, -0.25) is 4.79 Å². The van der Waals surface area contributed by atoms with Crippen molar-refractivity contribution in [1.82, 2.24) is 4.98 Å². The van der Waals surface area contributed by atoms with E-state index in [4.69, 9.17) is 9.47 Å². The van der Waals surface area contributed by atoms with Crippen molar-refractivity contribution < 1.29 is 14.3 Å². The first-order valence-electron chi connectivity index (χ1n) is 6.60. The average molecular weight is 266 g/mol. The van der Waals surface area contributed by atoms with Crippen LogP contribution in [0.15, 0.2) is 18.3 Å². The monoisotopic (exact) mass is 266 g/mol. The van der Waals surface area contributed by atoms with Crippen molar-refractivity contribution >= 4 is 11.8 Å². The number of nitrogens with zero attached hydrogens (tertiary/aromatic N) is 2. The minimum Gasteiger partial charge on any atom is -0.490 e. The largest absolute Gasteiger partial charge is 0.490 e. The maximum atomic E-state index is 11.7. The lowest BCUT2D eigenvalue weighted by molar-refractivity contribution is -0.141. The maximum absolute atomic E-state index is 11.7. The molecule has 0 saturated heterocycles. The van der Waals surface area contributed by atoms with E-state index in [1.165, 1.54) is 0 Å². The van der Waals surface area contributed by atoms with Crippen molar-refractivity contribution in [3.8, 4) is 5.75 Å². The van der Waals surface area contributed by atoms with Crippen molar-refractivity contribution in [3.63, 3.8) is 0 Å². The standard InChI is InChI=1S/C14H22N2O3/c1-5-18-12-8-7-9-15-14(12)16(11(3)4)10-13(17)19-6-2/h7-9,11H,5-6,10H2,1-4H3. The number of hydrogen-bond acceptors (Lipinski definition) is 5. The van der Waals surface area contributed by atoms with Crippen LogP contribution in [0.4, 0.5) is 5.82 Å². The molecule has 106 valence electrons. The zero-order valence-corrected chi connectivity index (χ0v) is 12.0. The van der Waals surface area contributed by atoms with Gasteiger partial charge in [0.2, 0.25) is 0 Å². The molecule has 0 fully saturated rings. The van der Waals surface area contributed by atoms with Crippen LogP contribution in [-0.2, 0) is 9.53 Å². The van der Waals surface area contributed by atoms with Gasteiger partial charge in [-0.1, -0.05) is 0 Å². The van der Waals surface area contributed by atoms with Crippen LogP contribution in [0.1, 0.15) is 27.7 Å². The maximum Gasteiger partial charge on any atom is 0.325 e. The Kier molecular flexibility index (Phi) is 6.12. The van der Waals surface area contributed by atoms with E-state index < -0.39 is 0 Å². The minimum absolute atomic E-state index is 0.124. The molecule has 0 amide bonds. The molecule has 1 aromatic heterocycles. The molecule has 0 radical (unpaired) electrons. The smallest absolute Gasteiger partial charge is 0.325 e. The molecule has 0 aliphatic heterocycles. The van der Waals surface area contributed by atoms with Gasteiger partial charge in [-0.15, -0.1) is 0 Å². The molecule has 19 heavy (non-hydrogen) atoms. The zero-order valence-electron chi connectivity index (χ0n) is 12.0. The first kappa shape index (κ1) is 15.3. The lowest BCUT2D eigenvalue weighted by atomic mass is 10.3. The normalized spacial score (nSPS) is 10.4. The fourth-order valence-electron chi connectivity index (χ4n) is 1.71. The van der Waals surface area contributed by atoms with Gasteiger partial charge in [-0.2, -0.15) is 0 Å². The molecule has 0 aliphatic carbocycles. The Morgan fingerprint density at radius 1 is 1.37 bits per heavy atom. The molecule has 1 aromatic rings. The lowest BCUT2D eigenvalue weighted by Gasteiger charge is -2.28. The number of carbonyl (C=O) groups is 1. The van der Waals surface area contributed by atoms with Crippen LogP contribution in [0, 0.1) is 0 Å². The van der Waals surface area contributed by atoms with Gasteiger partial charge in [0.25, 0.3) is 0 Å². The van der Waals surface area contributed by atoms with E-state index in [1.54, 1.807) is 13.1 Å². The van der Waals surface area contributed by atoms with Gasteiger partial charge in [0.1, 0.15) is 6.54 Å². The van der Waals surface area contributed by atoms with Gasteiger partial charge < -0.3 is 14.4 Å². The van der Waals surface area contributed by atoms with E-state index in [0.717, 1.165) is 0 Å². The molecular weight excluding hydrogens is 244 g/mol. The molecule has 5 nitrogen and oxygen atoms in total. The van der Waals surface area contributed by atoms with Crippen molar-refractivity contribution in [3.05, 3.63) is 18.3 Å². The summed E-state index contributed by atoms with van der Waals surface area (Å²) in [4.78, 5) is 17.9. The summed E-state index contributed by atoms with van der Waals surface area (Å²) in [5, 5.41) is 0. The predicted octanol–water partition coefficient (Wildman–Crippen LogP) is 2.26. The van der Waals surface area contributed by atoms with Gasteiger partial charge in [0, 0.05) is 12.2 Å². The SMILES string of the molecule is CCOC(=O)CN(c1ncccc1OCC)C(C)C. The number of pyridine rings is 1. The summed E-state index contributed by atoms with van der Waals surface area (Å²) in [6, 6.07) is 3.79. The summed E-state index contributed by atoms with van der Waals surface area (Å²) >= 11 is 0.